The molecule has 0 aliphatic rings. The molecule has 21 heavy (non-hydrogen) atoms. The molecule has 108 valence electrons. The second kappa shape index (κ2) is 5.91. The van der Waals surface area contributed by atoms with Crippen LogP contribution in [-0.4, -0.2) is 7.05 Å². The highest BCUT2D eigenvalue weighted by molar-refractivity contribution is 9.10. The maximum absolute atomic E-state index is 3.66. The zero-order chi connectivity index (χ0) is 15.0. The van der Waals surface area contributed by atoms with Crippen LogP contribution in [0, 0.1) is 13.8 Å². The molecule has 1 unspecified atom stereocenters. The van der Waals surface area contributed by atoms with Crippen molar-refractivity contribution in [3.63, 3.8) is 0 Å². The number of rotatable bonds is 3. The first kappa shape index (κ1) is 14.8. The van der Waals surface area contributed by atoms with Crippen molar-refractivity contribution in [2.45, 2.75) is 19.9 Å². The van der Waals surface area contributed by atoms with Gasteiger partial charge in [0.05, 0.1) is 6.04 Å². The van der Waals surface area contributed by atoms with E-state index >= 15 is 0 Å². The Kier molecular flexibility index (Phi) is 4.16. The van der Waals surface area contributed by atoms with E-state index in [9.17, 15) is 0 Å². The fraction of sp³-hybridized carbons (Fsp3) is 0.222. The van der Waals surface area contributed by atoms with Crippen LogP contribution < -0.4 is 5.32 Å². The molecule has 0 radical (unpaired) electrons. The van der Waals surface area contributed by atoms with Crippen LogP contribution in [0.4, 0.5) is 0 Å². The molecule has 0 saturated carbocycles. The van der Waals surface area contributed by atoms with Gasteiger partial charge in [0.2, 0.25) is 0 Å². The van der Waals surface area contributed by atoms with E-state index in [1.165, 1.54) is 36.8 Å². The molecular weight excluding hydrogens is 342 g/mol. The smallest absolute Gasteiger partial charge is 0.0588 e. The fourth-order valence-corrected chi connectivity index (χ4v) is 4.07. The minimum Gasteiger partial charge on any atom is -0.309 e. The topological polar surface area (TPSA) is 12.0 Å². The second-order valence-electron chi connectivity index (χ2n) is 5.38. The summed E-state index contributed by atoms with van der Waals surface area (Å²) in [4.78, 5) is 0. The molecular formula is C18H18BrNS. The molecule has 1 nitrogen and oxygen atoms in total. The highest BCUT2D eigenvalue weighted by Gasteiger charge is 2.17. The standard InChI is InChI=1S/C18H18BrNS/c1-11-9-14(10-12(2)16(11)19)17(20-3)15-6-4-5-13-7-8-21-18(13)15/h4-10,17,20H,1-3H3. The number of nitrogens with one attached hydrogen (secondary N) is 1. The van der Waals surface area contributed by atoms with Gasteiger partial charge in [-0.2, -0.15) is 0 Å². The summed E-state index contributed by atoms with van der Waals surface area (Å²) < 4.78 is 2.57. The molecule has 1 heterocycles. The quantitative estimate of drug-likeness (QED) is 0.642. The van der Waals surface area contributed by atoms with Gasteiger partial charge in [0.15, 0.2) is 0 Å². The third-order valence-electron chi connectivity index (χ3n) is 3.90. The lowest BCUT2D eigenvalue weighted by Gasteiger charge is -2.20. The molecule has 1 N–H and O–H groups in total. The summed E-state index contributed by atoms with van der Waals surface area (Å²) in [7, 11) is 2.03. The summed E-state index contributed by atoms with van der Waals surface area (Å²) in [5, 5.41) is 6.97. The van der Waals surface area contributed by atoms with Gasteiger partial charge in [-0.25, -0.2) is 0 Å². The van der Waals surface area contributed by atoms with Crippen LogP contribution in [0.3, 0.4) is 0 Å². The predicted octanol–water partition coefficient (Wildman–Crippen LogP) is 5.59. The molecule has 0 bridgehead atoms. The molecule has 1 aromatic heterocycles. The monoisotopic (exact) mass is 359 g/mol. The van der Waals surface area contributed by atoms with E-state index in [2.05, 4.69) is 76.9 Å². The Bertz CT molecular complexity index is 768. The Morgan fingerprint density at radius 1 is 1.10 bits per heavy atom. The zero-order valence-electron chi connectivity index (χ0n) is 12.4. The first-order valence-electron chi connectivity index (χ1n) is 7.02. The Labute approximate surface area is 138 Å². The van der Waals surface area contributed by atoms with E-state index in [-0.39, 0.29) is 6.04 Å². The van der Waals surface area contributed by atoms with Gasteiger partial charge in [0, 0.05) is 9.17 Å². The number of thiophene rings is 1. The first-order valence-corrected chi connectivity index (χ1v) is 8.69. The van der Waals surface area contributed by atoms with Crippen molar-refractivity contribution < 1.29 is 0 Å². The summed E-state index contributed by atoms with van der Waals surface area (Å²) in [5.41, 5.74) is 5.23. The van der Waals surface area contributed by atoms with Crippen molar-refractivity contribution in [2.75, 3.05) is 7.05 Å². The van der Waals surface area contributed by atoms with Crippen molar-refractivity contribution in [1.82, 2.24) is 5.32 Å². The lowest BCUT2D eigenvalue weighted by Crippen LogP contribution is -2.18. The maximum atomic E-state index is 3.66. The summed E-state index contributed by atoms with van der Waals surface area (Å²) in [6, 6.07) is 13.5. The van der Waals surface area contributed by atoms with Crippen LogP contribution in [-0.2, 0) is 0 Å². The van der Waals surface area contributed by atoms with Crippen LogP contribution in [0.15, 0.2) is 46.3 Å². The van der Waals surface area contributed by atoms with Gasteiger partial charge in [-0.15, -0.1) is 11.3 Å². The lowest BCUT2D eigenvalue weighted by atomic mass is 9.95. The molecule has 0 fully saturated rings. The van der Waals surface area contributed by atoms with E-state index < -0.39 is 0 Å². The van der Waals surface area contributed by atoms with Crippen LogP contribution in [0.5, 0.6) is 0 Å². The van der Waals surface area contributed by atoms with Crippen LogP contribution in [0.1, 0.15) is 28.3 Å². The second-order valence-corrected chi connectivity index (χ2v) is 7.09. The van der Waals surface area contributed by atoms with E-state index in [1.54, 1.807) is 0 Å². The van der Waals surface area contributed by atoms with Crippen molar-refractivity contribution >= 4 is 37.4 Å². The van der Waals surface area contributed by atoms with E-state index in [4.69, 9.17) is 0 Å². The maximum Gasteiger partial charge on any atom is 0.0588 e. The number of benzene rings is 2. The minimum absolute atomic E-state index is 0.220. The molecule has 2 aromatic carbocycles. The number of hydrogen-bond acceptors (Lipinski definition) is 2. The van der Waals surface area contributed by atoms with Gasteiger partial charge in [-0.3, -0.25) is 0 Å². The van der Waals surface area contributed by atoms with Gasteiger partial charge < -0.3 is 5.32 Å². The molecule has 0 aliphatic carbocycles. The van der Waals surface area contributed by atoms with E-state index in [0.717, 1.165) is 0 Å². The highest BCUT2D eigenvalue weighted by Crippen LogP contribution is 2.34. The molecule has 0 spiro atoms. The van der Waals surface area contributed by atoms with Gasteiger partial charge in [0.25, 0.3) is 0 Å². The number of hydrogen-bond donors (Lipinski definition) is 1. The summed E-state index contributed by atoms with van der Waals surface area (Å²) >= 11 is 5.47. The Morgan fingerprint density at radius 2 is 1.81 bits per heavy atom. The summed E-state index contributed by atoms with van der Waals surface area (Å²) in [6.07, 6.45) is 0. The van der Waals surface area contributed by atoms with Gasteiger partial charge in [-0.05, 0) is 60.0 Å². The van der Waals surface area contributed by atoms with E-state index in [1.807, 2.05) is 18.4 Å². The lowest BCUT2D eigenvalue weighted by molar-refractivity contribution is 0.696. The van der Waals surface area contributed by atoms with Crippen LogP contribution in [0.2, 0.25) is 0 Å². The van der Waals surface area contributed by atoms with Crippen molar-refractivity contribution in [3.05, 3.63) is 68.5 Å². The third-order valence-corrected chi connectivity index (χ3v) is 6.13. The molecule has 3 aromatic rings. The molecule has 0 saturated heterocycles. The fourth-order valence-electron chi connectivity index (χ4n) is 2.89. The minimum atomic E-state index is 0.220. The normalized spacial score (nSPS) is 12.8. The first-order chi connectivity index (χ1) is 10.1. The van der Waals surface area contributed by atoms with Crippen molar-refractivity contribution in [3.8, 4) is 0 Å². The van der Waals surface area contributed by atoms with Gasteiger partial charge in [-0.1, -0.05) is 46.3 Å². The SMILES string of the molecule is CNC(c1cc(C)c(Br)c(C)c1)c1cccc2ccsc12. The Hall–Kier alpha value is -1.16. The largest absolute Gasteiger partial charge is 0.309 e. The van der Waals surface area contributed by atoms with Crippen LogP contribution >= 0.6 is 27.3 Å². The molecule has 1 atom stereocenters. The summed E-state index contributed by atoms with van der Waals surface area (Å²) in [6.45, 7) is 4.30. The number of halogens is 1. The molecule has 3 heteroatoms. The average Bonchev–Trinajstić information content (AvgIpc) is 2.94. The third kappa shape index (κ3) is 2.66. The molecule has 3 rings (SSSR count). The molecule has 0 amide bonds. The highest BCUT2D eigenvalue weighted by atomic mass is 79.9. The predicted molar refractivity (Wildman–Crippen MR) is 96.3 cm³/mol. The van der Waals surface area contributed by atoms with Gasteiger partial charge >= 0.3 is 0 Å². The Morgan fingerprint density at radius 3 is 2.48 bits per heavy atom. The zero-order valence-corrected chi connectivity index (χ0v) is 14.8. The van der Waals surface area contributed by atoms with Crippen molar-refractivity contribution in [2.24, 2.45) is 0 Å². The van der Waals surface area contributed by atoms with Crippen LogP contribution in [0.25, 0.3) is 10.1 Å². The van der Waals surface area contributed by atoms with Gasteiger partial charge in [0.1, 0.15) is 0 Å². The van der Waals surface area contributed by atoms with E-state index in [0.29, 0.717) is 0 Å². The molecule has 0 aliphatic heterocycles. The summed E-state index contributed by atoms with van der Waals surface area (Å²) in [5.74, 6) is 0. The number of fused-ring (bicyclic) bond motifs is 1. The van der Waals surface area contributed by atoms with Crippen molar-refractivity contribution in [1.29, 1.82) is 0 Å². The average molecular weight is 360 g/mol. The number of aryl methyl sites for hydroxylation is 2. The Balaban J connectivity index is 2.16.